The van der Waals surface area contributed by atoms with Gasteiger partial charge < -0.3 is 5.32 Å². The molecule has 4 unspecified atom stereocenters. The molecule has 1 fully saturated rings. The first-order valence-corrected chi connectivity index (χ1v) is 8.67. The van der Waals surface area contributed by atoms with Gasteiger partial charge in [-0.05, 0) is 51.1 Å². The molecule has 21 heavy (non-hydrogen) atoms. The van der Waals surface area contributed by atoms with Crippen molar-refractivity contribution < 1.29 is 0 Å². The van der Waals surface area contributed by atoms with Crippen LogP contribution < -0.4 is 5.32 Å². The van der Waals surface area contributed by atoms with E-state index in [1.807, 2.05) is 0 Å². The molecule has 1 aromatic rings. The van der Waals surface area contributed by atoms with Crippen molar-refractivity contribution in [3.05, 3.63) is 35.9 Å². The van der Waals surface area contributed by atoms with E-state index in [1.165, 1.54) is 31.4 Å². The van der Waals surface area contributed by atoms with Crippen LogP contribution in [-0.2, 0) is 0 Å². The molecule has 0 spiro atoms. The van der Waals surface area contributed by atoms with Crippen LogP contribution >= 0.6 is 0 Å². The lowest BCUT2D eigenvalue weighted by Crippen LogP contribution is -2.51. The maximum absolute atomic E-state index is 3.78. The third kappa shape index (κ3) is 4.31. The molecule has 1 aromatic carbocycles. The SMILES string of the molecule is CCCNC(c1ccccc1)C(C)N1CC(C)CCC1C. The minimum atomic E-state index is 0.430. The minimum Gasteiger partial charge on any atom is -0.309 e. The van der Waals surface area contributed by atoms with E-state index < -0.39 is 0 Å². The van der Waals surface area contributed by atoms with Gasteiger partial charge in [0.1, 0.15) is 0 Å². The molecule has 0 amide bonds. The van der Waals surface area contributed by atoms with Crippen LogP contribution in [0.3, 0.4) is 0 Å². The van der Waals surface area contributed by atoms with Crippen molar-refractivity contribution in [2.24, 2.45) is 5.92 Å². The average molecular weight is 288 g/mol. The monoisotopic (exact) mass is 288 g/mol. The molecule has 4 atom stereocenters. The van der Waals surface area contributed by atoms with Crippen molar-refractivity contribution in [1.82, 2.24) is 10.2 Å². The van der Waals surface area contributed by atoms with Crippen molar-refractivity contribution in [3.63, 3.8) is 0 Å². The summed E-state index contributed by atoms with van der Waals surface area (Å²) in [6.45, 7) is 11.7. The zero-order chi connectivity index (χ0) is 15.2. The zero-order valence-electron chi connectivity index (χ0n) is 14.2. The predicted octanol–water partition coefficient (Wildman–Crippen LogP) is 4.24. The van der Waals surface area contributed by atoms with Gasteiger partial charge in [0.25, 0.3) is 0 Å². The molecule has 0 aromatic heterocycles. The van der Waals surface area contributed by atoms with Crippen LogP contribution in [0.5, 0.6) is 0 Å². The van der Waals surface area contributed by atoms with Crippen LogP contribution in [-0.4, -0.2) is 30.1 Å². The number of hydrogen-bond acceptors (Lipinski definition) is 2. The standard InChI is InChI=1S/C19H32N2/c1-5-13-20-19(18-9-7-6-8-10-18)17(4)21-14-15(2)11-12-16(21)3/h6-10,15-17,19-20H,5,11-14H2,1-4H3. The fourth-order valence-electron chi connectivity index (χ4n) is 3.61. The Morgan fingerprint density at radius 3 is 2.57 bits per heavy atom. The molecule has 1 heterocycles. The van der Waals surface area contributed by atoms with Gasteiger partial charge in [-0.1, -0.05) is 44.2 Å². The van der Waals surface area contributed by atoms with Crippen molar-refractivity contribution in [2.45, 2.75) is 65.1 Å². The van der Waals surface area contributed by atoms with Crippen molar-refractivity contribution in [3.8, 4) is 0 Å². The molecule has 1 saturated heterocycles. The molecule has 0 bridgehead atoms. The Kier molecular flexibility index (Phi) is 6.25. The van der Waals surface area contributed by atoms with E-state index >= 15 is 0 Å². The molecule has 118 valence electrons. The molecule has 0 aliphatic carbocycles. The van der Waals surface area contributed by atoms with Gasteiger partial charge >= 0.3 is 0 Å². The first-order valence-electron chi connectivity index (χ1n) is 8.67. The lowest BCUT2D eigenvalue weighted by molar-refractivity contribution is 0.0652. The summed E-state index contributed by atoms with van der Waals surface area (Å²) in [6, 6.07) is 12.6. The molecule has 0 saturated carbocycles. The Labute approximate surface area is 130 Å². The molecule has 2 rings (SSSR count). The number of piperidine rings is 1. The summed E-state index contributed by atoms with van der Waals surface area (Å²) < 4.78 is 0. The minimum absolute atomic E-state index is 0.430. The summed E-state index contributed by atoms with van der Waals surface area (Å²) in [7, 11) is 0. The van der Waals surface area contributed by atoms with Gasteiger partial charge in [0.15, 0.2) is 0 Å². The van der Waals surface area contributed by atoms with Gasteiger partial charge in [-0.25, -0.2) is 0 Å². The summed E-state index contributed by atoms with van der Waals surface area (Å²) in [5.74, 6) is 0.825. The van der Waals surface area contributed by atoms with Crippen molar-refractivity contribution >= 4 is 0 Å². The molecule has 2 heteroatoms. The third-order valence-electron chi connectivity index (χ3n) is 4.94. The maximum Gasteiger partial charge on any atom is 0.0475 e. The maximum atomic E-state index is 3.78. The molecule has 1 aliphatic heterocycles. The van der Waals surface area contributed by atoms with Crippen LogP contribution in [0, 0.1) is 5.92 Å². The number of benzene rings is 1. The quantitative estimate of drug-likeness (QED) is 0.842. The van der Waals surface area contributed by atoms with Crippen molar-refractivity contribution in [1.29, 1.82) is 0 Å². The van der Waals surface area contributed by atoms with Gasteiger partial charge in [-0.2, -0.15) is 0 Å². The number of hydrogen-bond donors (Lipinski definition) is 1. The molecule has 0 radical (unpaired) electrons. The van der Waals surface area contributed by atoms with Crippen LogP contribution in [0.2, 0.25) is 0 Å². The Bertz CT molecular complexity index is 403. The fraction of sp³-hybridized carbons (Fsp3) is 0.684. The zero-order valence-corrected chi connectivity index (χ0v) is 14.2. The summed E-state index contributed by atoms with van der Waals surface area (Å²) >= 11 is 0. The Hall–Kier alpha value is -0.860. The second-order valence-electron chi connectivity index (χ2n) is 6.81. The molecule has 1 aliphatic rings. The van der Waals surface area contributed by atoms with E-state index in [2.05, 4.69) is 68.2 Å². The third-order valence-corrected chi connectivity index (χ3v) is 4.94. The first-order chi connectivity index (χ1) is 10.1. The Morgan fingerprint density at radius 1 is 1.19 bits per heavy atom. The second-order valence-corrected chi connectivity index (χ2v) is 6.81. The highest BCUT2D eigenvalue weighted by molar-refractivity contribution is 5.20. The van der Waals surface area contributed by atoms with Crippen LogP contribution in [0.4, 0.5) is 0 Å². The highest BCUT2D eigenvalue weighted by atomic mass is 15.2. The van der Waals surface area contributed by atoms with Gasteiger partial charge in [-0.15, -0.1) is 0 Å². The predicted molar refractivity (Wildman–Crippen MR) is 91.5 cm³/mol. The lowest BCUT2D eigenvalue weighted by Gasteiger charge is -2.44. The van der Waals surface area contributed by atoms with Crippen LogP contribution in [0.1, 0.15) is 58.6 Å². The number of nitrogens with one attached hydrogen (secondary N) is 1. The van der Waals surface area contributed by atoms with Crippen LogP contribution in [0.15, 0.2) is 30.3 Å². The second kappa shape index (κ2) is 7.95. The fourth-order valence-corrected chi connectivity index (χ4v) is 3.61. The molecule has 2 nitrogen and oxygen atoms in total. The summed E-state index contributed by atoms with van der Waals surface area (Å²) in [4.78, 5) is 2.72. The van der Waals surface area contributed by atoms with Crippen LogP contribution in [0.25, 0.3) is 0 Å². The molecule has 1 N–H and O–H groups in total. The number of rotatable bonds is 6. The highest BCUT2D eigenvalue weighted by Crippen LogP contribution is 2.29. The van der Waals surface area contributed by atoms with E-state index in [-0.39, 0.29) is 0 Å². The topological polar surface area (TPSA) is 15.3 Å². The lowest BCUT2D eigenvalue weighted by atomic mass is 9.90. The first kappa shape index (κ1) is 16.5. The summed E-state index contributed by atoms with van der Waals surface area (Å²) in [5, 5.41) is 3.78. The molecular formula is C19H32N2. The Morgan fingerprint density at radius 2 is 1.90 bits per heavy atom. The summed E-state index contributed by atoms with van der Waals surface area (Å²) in [6.07, 6.45) is 3.89. The normalized spacial score (nSPS) is 26.5. The Balaban J connectivity index is 2.15. The molecular weight excluding hydrogens is 256 g/mol. The van der Waals surface area contributed by atoms with E-state index in [0.29, 0.717) is 18.1 Å². The van der Waals surface area contributed by atoms with Gasteiger partial charge in [-0.3, -0.25) is 4.90 Å². The van der Waals surface area contributed by atoms with E-state index in [9.17, 15) is 0 Å². The number of likely N-dealkylation sites (tertiary alicyclic amines) is 1. The van der Waals surface area contributed by atoms with Gasteiger partial charge in [0.05, 0.1) is 0 Å². The van der Waals surface area contributed by atoms with Gasteiger partial charge in [0.2, 0.25) is 0 Å². The van der Waals surface area contributed by atoms with E-state index in [0.717, 1.165) is 12.5 Å². The number of nitrogens with zero attached hydrogens (tertiary/aromatic N) is 1. The van der Waals surface area contributed by atoms with E-state index in [1.54, 1.807) is 0 Å². The van der Waals surface area contributed by atoms with Gasteiger partial charge in [0, 0.05) is 24.7 Å². The average Bonchev–Trinajstić information content (AvgIpc) is 2.51. The van der Waals surface area contributed by atoms with Crippen molar-refractivity contribution in [2.75, 3.05) is 13.1 Å². The van der Waals surface area contributed by atoms with E-state index in [4.69, 9.17) is 0 Å². The largest absolute Gasteiger partial charge is 0.309 e. The summed E-state index contributed by atoms with van der Waals surface area (Å²) in [5.41, 5.74) is 1.42. The smallest absolute Gasteiger partial charge is 0.0475 e. The highest BCUT2D eigenvalue weighted by Gasteiger charge is 2.31.